The van der Waals surface area contributed by atoms with Gasteiger partial charge in [0.15, 0.2) is 5.78 Å². The van der Waals surface area contributed by atoms with E-state index in [0.29, 0.717) is 28.3 Å². The monoisotopic (exact) mass is 357 g/mol. The fourth-order valence-electron chi connectivity index (χ4n) is 2.38. The van der Waals surface area contributed by atoms with Gasteiger partial charge in [-0.25, -0.2) is 9.97 Å². The quantitative estimate of drug-likeness (QED) is 0.676. The first-order chi connectivity index (χ1) is 13.0. The van der Waals surface area contributed by atoms with Crippen LogP contribution in [0.4, 0.5) is 17.2 Å². The Bertz CT molecular complexity index is 1060. The maximum Gasteiger partial charge on any atom is 0.274 e. The molecule has 3 rings (SSSR count). The summed E-state index contributed by atoms with van der Waals surface area (Å²) < 4.78 is 0. The minimum atomic E-state index is -0.424. The van der Waals surface area contributed by atoms with Crippen molar-refractivity contribution in [3.05, 3.63) is 77.7 Å². The van der Waals surface area contributed by atoms with Gasteiger partial charge in [-0.2, -0.15) is 5.26 Å². The molecule has 1 aromatic heterocycles. The Hall–Kier alpha value is -4.05. The molecule has 0 fully saturated rings. The van der Waals surface area contributed by atoms with Gasteiger partial charge in [-0.1, -0.05) is 18.2 Å². The van der Waals surface area contributed by atoms with Gasteiger partial charge in [0.1, 0.15) is 17.8 Å². The second-order valence-electron chi connectivity index (χ2n) is 5.70. The van der Waals surface area contributed by atoms with Gasteiger partial charge < -0.3 is 10.6 Å². The van der Waals surface area contributed by atoms with E-state index in [1.54, 1.807) is 48.5 Å². The number of nitrogens with zero attached hydrogens (tertiary/aromatic N) is 3. The van der Waals surface area contributed by atoms with Crippen LogP contribution >= 0.6 is 0 Å². The van der Waals surface area contributed by atoms with Crippen LogP contribution in [-0.2, 0) is 0 Å². The van der Waals surface area contributed by atoms with E-state index < -0.39 is 5.91 Å². The lowest BCUT2D eigenvalue weighted by atomic mass is 10.1. The van der Waals surface area contributed by atoms with E-state index >= 15 is 0 Å². The number of amides is 1. The first kappa shape index (κ1) is 17.8. The van der Waals surface area contributed by atoms with Crippen LogP contribution in [0.15, 0.2) is 60.9 Å². The van der Waals surface area contributed by atoms with E-state index in [-0.39, 0.29) is 11.5 Å². The van der Waals surface area contributed by atoms with Gasteiger partial charge in [-0.05, 0) is 37.3 Å². The summed E-state index contributed by atoms with van der Waals surface area (Å²) in [4.78, 5) is 32.0. The number of hydrogen-bond acceptors (Lipinski definition) is 6. The SMILES string of the molecule is CC(=O)c1cccc(NC(=O)c2cc(Nc3cccc(C#N)c3)ncn2)c1. The molecule has 1 amide bonds. The number of Topliss-reactive ketones (excluding diaryl/α,β-unsaturated/α-hetero) is 1. The van der Waals surface area contributed by atoms with E-state index in [1.165, 1.54) is 19.3 Å². The van der Waals surface area contributed by atoms with Gasteiger partial charge in [-0.3, -0.25) is 9.59 Å². The smallest absolute Gasteiger partial charge is 0.274 e. The molecule has 0 aliphatic heterocycles. The minimum absolute atomic E-state index is 0.0841. The summed E-state index contributed by atoms with van der Waals surface area (Å²) in [6, 6.07) is 17.1. The van der Waals surface area contributed by atoms with Crippen LogP contribution < -0.4 is 10.6 Å². The molecule has 0 spiro atoms. The van der Waals surface area contributed by atoms with Gasteiger partial charge in [0.05, 0.1) is 11.6 Å². The van der Waals surface area contributed by atoms with Crippen molar-refractivity contribution in [2.75, 3.05) is 10.6 Å². The molecule has 0 aliphatic carbocycles. The highest BCUT2D eigenvalue weighted by atomic mass is 16.2. The first-order valence-electron chi connectivity index (χ1n) is 8.07. The number of ketones is 1. The molecule has 2 N–H and O–H groups in total. The molecule has 27 heavy (non-hydrogen) atoms. The van der Waals surface area contributed by atoms with Crippen LogP contribution in [0.25, 0.3) is 0 Å². The molecule has 0 atom stereocenters. The number of hydrogen-bond donors (Lipinski definition) is 2. The predicted molar refractivity (Wildman–Crippen MR) is 101 cm³/mol. The Morgan fingerprint density at radius 3 is 2.56 bits per heavy atom. The zero-order valence-electron chi connectivity index (χ0n) is 14.4. The lowest BCUT2D eigenvalue weighted by Gasteiger charge is -2.08. The molecule has 0 saturated heterocycles. The predicted octanol–water partition coefficient (Wildman–Crippen LogP) is 3.55. The number of rotatable bonds is 5. The highest BCUT2D eigenvalue weighted by Gasteiger charge is 2.10. The number of carbonyl (C=O) groups excluding carboxylic acids is 2. The number of nitrogens with one attached hydrogen (secondary N) is 2. The normalized spacial score (nSPS) is 9.93. The summed E-state index contributed by atoms with van der Waals surface area (Å²) >= 11 is 0. The molecule has 132 valence electrons. The van der Waals surface area contributed by atoms with Crippen LogP contribution in [0.1, 0.15) is 33.3 Å². The number of benzene rings is 2. The van der Waals surface area contributed by atoms with Crippen molar-refractivity contribution < 1.29 is 9.59 Å². The lowest BCUT2D eigenvalue weighted by Crippen LogP contribution is -2.14. The molecule has 1 heterocycles. The molecular formula is C20H15N5O2. The summed E-state index contributed by atoms with van der Waals surface area (Å²) in [5.41, 5.74) is 2.36. The summed E-state index contributed by atoms with van der Waals surface area (Å²) in [7, 11) is 0. The highest BCUT2D eigenvalue weighted by molar-refractivity contribution is 6.04. The van der Waals surface area contributed by atoms with Crippen LogP contribution in [0, 0.1) is 11.3 Å². The molecule has 0 unspecified atom stereocenters. The third-order valence-corrected chi connectivity index (χ3v) is 3.69. The van der Waals surface area contributed by atoms with E-state index in [4.69, 9.17) is 5.26 Å². The average Bonchev–Trinajstić information content (AvgIpc) is 2.68. The maximum atomic E-state index is 12.4. The van der Waals surface area contributed by atoms with Crippen LogP contribution in [-0.4, -0.2) is 21.7 Å². The van der Waals surface area contributed by atoms with Crippen LogP contribution in [0.2, 0.25) is 0 Å². The van der Waals surface area contributed by atoms with E-state index in [9.17, 15) is 9.59 Å². The standard InChI is InChI=1S/C20H15N5O2/c1-13(26)15-5-3-7-17(9-15)25-20(27)18-10-19(23-12-22-18)24-16-6-2-4-14(8-16)11-21/h2-10,12H,1H3,(H,25,27)(H,22,23,24). The number of aromatic nitrogens is 2. The summed E-state index contributed by atoms with van der Waals surface area (Å²) in [6.45, 7) is 1.46. The van der Waals surface area contributed by atoms with Crippen molar-refractivity contribution in [3.63, 3.8) is 0 Å². The van der Waals surface area contributed by atoms with E-state index in [2.05, 4.69) is 26.7 Å². The Labute approximate surface area is 155 Å². The van der Waals surface area contributed by atoms with Crippen molar-refractivity contribution in [3.8, 4) is 6.07 Å². The molecule has 2 aromatic carbocycles. The average molecular weight is 357 g/mol. The Kier molecular flexibility index (Phi) is 5.19. The number of anilines is 3. The van der Waals surface area contributed by atoms with Crippen LogP contribution in [0.5, 0.6) is 0 Å². The van der Waals surface area contributed by atoms with Gasteiger partial charge >= 0.3 is 0 Å². The van der Waals surface area contributed by atoms with Crippen molar-refractivity contribution in [1.82, 2.24) is 9.97 Å². The van der Waals surface area contributed by atoms with E-state index in [1.807, 2.05) is 0 Å². The molecule has 0 saturated carbocycles. The fourth-order valence-corrected chi connectivity index (χ4v) is 2.38. The summed E-state index contributed by atoms with van der Waals surface area (Å²) in [5.74, 6) is -0.0890. The topological polar surface area (TPSA) is 108 Å². The molecule has 3 aromatic rings. The van der Waals surface area contributed by atoms with Gasteiger partial charge in [0.2, 0.25) is 0 Å². The highest BCUT2D eigenvalue weighted by Crippen LogP contribution is 2.17. The zero-order valence-corrected chi connectivity index (χ0v) is 14.4. The lowest BCUT2D eigenvalue weighted by molar-refractivity contribution is 0.100. The minimum Gasteiger partial charge on any atom is -0.340 e. The second-order valence-corrected chi connectivity index (χ2v) is 5.70. The largest absolute Gasteiger partial charge is 0.340 e. The third-order valence-electron chi connectivity index (χ3n) is 3.69. The van der Waals surface area contributed by atoms with Crippen molar-refractivity contribution >= 4 is 28.9 Å². The molecule has 0 aliphatic rings. The molecule has 7 nitrogen and oxygen atoms in total. The summed E-state index contributed by atoms with van der Waals surface area (Å²) in [6.07, 6.45) is 1.28. The molecule has 7 heteroatoms. The maximum absolute atomic E-state index is 12.4. The van der Waals surface area contributed by atoms with Crippen molar-refractivity contribution in [2.45, 2.75) is 6.92 Å². The van der Waals surface area contributed by atoms with Crippen LogP contribution in [0.3, 0.4) is 0 Å². The molecular weight excluding hydrogens is 342 g/mol. The fraction of sp³-hybridized carbons (Fsp3) is 0.0500. The van der Waals surface area contributed by atoms with Crippen molar-refractivity contribution in [2.24, 2.45) is 0 Å². The Morgan fingerprint density at radius 2 is 1.78 bits per heavy atom. The second kappa shape index (κ2) is 7.89. The Morgan fingerprint density at radius 1 is 1.00 bits per heavy atom. The van der Waals surface area contributed by atoms with Gasteiger partial charge in [-0.15, -0.1) is 0 Å². The van der Waals surface area contributed by atoms with Crippen molar-refractivity contribution in [1.29, 1.82) is 5.26 Å². The van der Waals surface area contributed by atoms with Gasteiger partial charge in [0, 0.05) is 23.0 Å². The first-order valence-corrected chi connectivity index (χ1v) is 8.07. The number of nitriles is 1. The summed E-state index contributed by atoms with van der Waals surface area (Å²) in [5, 5.41) is 14.7. The Balaban J connectivity index is 1.76. The number of carbonyl (C=O) groups is 2. The van der Waals surface area contributed by atoms with E-state index in [0.717, 1.165) is 0 Å². The third kappa shape index (κ3) is 4.52. The molecule has 0 bridgehead atoms. The van der Waals surface area contributed by atoms with Gasteiger partial charge in [0.25, 0.3) is 5.91 Å². The molecule has 0 radical (unpaired) electrons. The zero-order chi connectivity index (χ0) is 19.2.